The van der Waals surface area contributed by atoms with Crippen LogP contribution in [0.5, 0.6) is 0 Å². The SMILES string of the molecule is CC1CNC2(CCCCC2)CN1C1CCN2CCCCC12. The van der Waals surface area contributed by atoms with E-state index >= 15 is 0 Å². The van der Waals surface area contributed by atoms with Gasteiger partial charge < -0.3 is 5.32 Å². The third kappa shape index (κ3) is 2.66. The average Bonchev–Trinajstić information content (AvgIpc) is 2.95. The zero-order valence-electron chi connectivity index (χ0n) is 13.8. The van der Waals surface area contributed by atoms with Gasteiger partial charge in [0.15, 0.2) is 0 Å². The molecule has 1 aliphatic carbocycles. The summed E-state index contributed by atoms with van der Waals surface area (Å²) in [5.41, 5.74) is 0.465. The van der Waals surface area contributed by atoms with Gasteiger partial charge in [-0.15, -0.1) is 0 Å². The van der Waals surface area contributed by atoms with E-state index in [9.17, 15) is 0 Å². The molecule has 3 heteroatoms. The first-order valence-corrected chi connectivity index (χ1v) is 9.52. The van der Waals surface area contributed by atoms with E-state index < -0.39 is 0 Å². The van der Waals surface area contributed by atoms with Crippen molar-refractivity contribution >= 4 is 0 Å². The summed E-state index contributed by atoms with van der Waals surface area (Å²) in [5, 5.41) is 3.95. The summed E-state index contributed by atoms with van der Waals surface area (Å²) >= 11 is 0. The molecule has 0 amide bonds. The van der Waals surface area contributed by atoms with Gasteiger partial charge in [0.2, 0.25) is 0 Å². The first-order chi connectivity index (χ1) is 10.3. The Labute approximate surface area is 130 Å². The van der Waals surface area contributed by atoms with Gasteiger partial charge >= 0.3 is 0 Å². The number of piperidine rings is 1. The molecule has 4 fully saturated rings. The number of rotatable bonds is 1. The summed E-state index contributed by atoms with van der Waals surface area (Å²) in [6.45, 7) is 7.71. The van der Waals surface area contributed by atoms with Crippen molar-refractivity contribution in [1.82, 2.24) is 15.1 Å². The van der Waals surface area contributed by atoms with Crippen molar-refractivity contribution in [2.75, 3.05) is 26.2 Å². The van der Waals surface area contributed by atoms with Crippen LogP contribution in [0.4, 0.5) is 0 Å². The maximum absolute atomic E-state index is 3.95. The number of fused-ring (bicyclic) bond motifs is 1. The first-order valence-electron chi connectivity index (χ1n) is 9.52. The van der Waals surface area contributed by atoms with E-state index in [1.165, 1.54) is 84.0 Å². The third-order valence-electron chi connectivity index (χ3n) is 6.88. The number of piperazine rings is 1. The lowest BCUT2D eigenvalue weighted by Crippen LogP contribution is -2.67. The summed E-state index contributed by atoms with van der Waals surface area (Å²) in [4.78, 5) is 5.73. The Hall–Kier alpha value is -0.120. The fourth-order valence-electron chi connectivity index (χ4n) is 5.66. The molecule has 1 N–H and O–H groups in total. The second-order valence-corrected chi connectivity index (χ2v) is 8.20. The maximum atomic E-state index is 3.95. The minimum atomic E-state index is 0.465. The summed E-state index contributed by atoms with van der Waals surface area (Å²) in [7, 11) is 0. The lowest BCUT2D eigenvalue weighted by Gasteiger charge is -2.52. The average molecular weight is 291 g/mol. The molecule has 3 atom stereocenters. The minimum Gasteiger partial charge on any atom is -0.308 e. The van der Waals surface area contributed by atoms with Crippen molar-refractivity contribution in [3.8, 4) is 0 Å². The second-order valence-electron chi connectivity index (χ2n) is 8.20. The van der Waals surface area contributed by atoms with Gasteiger partial charge in [0, 0.05) is 43.3 Å². The molecule has 0 bridgehead atoms. The van der Waals surface area contributed by atoms with Crippen LogP contribution in [0, 0.1) is 0 Å². The highest BCUT2D eigenvalue weighted by atomic mass is 15.3. The predicted molar refractivity (Wildman–Crippen MR) is 87.6 cm³/mol. The topological polar surface area (TPSA) is 18.5 Å². The molecule has 1 saturated carbocycles. The van der Waals surface area contributed by atoms with E-state index in [4.69, 9.17) is 0 Å². The van der Waals surface area contributed by atoms with Crippen LogP contribution >= 0.6 is 0 Å². The van der Waals surface area contributed by atoms with Crippen molar-refractivity contribution in [2.24, 2.45) is 0 Å². The fraction of sp³-hybridized carbons (Fsp3) is 1.00. The van der Waals surface area contributed by atoms with Crippen LogP contribution in [-0.2, 0) is 0 Å². The van der Waals surface area contributed by atoms with E-state index in [0.29, 0.717) is 5.54 Å². The molecule has 3 unspecified atom stereocenters. The standard InChI is InChI=1S/C18H33N3/c1-15-13-19-18(9-4-2-5-10-18)14-21(15)17-8-12-20-11-6-3-7-16(17)20/h15-17,19H,2-14H2,1H3. The van der Waals surface area contributed by atoms with Crippen LogP contribution in [0.15, 0.2) is 0 Å². The molecule has 3 heterocycles. The Bertz CT molecular complexity index is 363. The summed E-state index contributed by atoms with van der Waals surface area (Å²) < 4.78 is 0. The van der Waals surface area contributed by atoms with Crippen LogP contribution in [-0.4, -0.2) is 59.6 Å². The summed E-state index contributed by atoms with van der Waals surface area (Å²) in [6, 6.07) is 2.45. The van der Waals surface area contributed by atoms with Crippen molar-refractivity contribution in [3.05, 3.63) is 0 Å². The fourth-order valence-corrected chi connectivity index (χ4v) is 5.66. The zero-order valence-corrected chi connectivity index (χ0v) is 13.8. The molecule has 4 aliphatic rings. The minimum absolute atomic E-state index is 0.465. The van der Waals surface area contributed by atoms with Crippen LogP contribution in [0.3, 0.4) is 0 Å². The van der Waals surface area contributed by atoms with E-state index in [1.54, 1.807) is 0 Å². The number of nitrogens with zero attached hydrogens (tertiary/aromatic N) is 2. The highest BCUT2D eigenvalue weighted by molar-refractivity contribution is 5.04. The molecule has 0 aromatic rings. The van der Waals surface area contributed by atoms with Gasteiger partial charge in [-0.1, -0.05) is 25.7 Å². The smallest absolute Gasteiger partial charge is 0.0309 e. The Morgan fingerprint density at radius 3 is 2.62 bits per heavy atom. The van der Waals surface area contributed by atoms with Crippen LogP contribution in [0.2, 0.25) is 0 Å². The highest BCUT2D eigenvalue weighted by Crippen LogP contribution is 2.37. The Morgan fingerprint density at radius 2 is 1.76 bits per heavy atom. The van der Waals surface area contributed by atoms with E-state index in [2.05, 4.69) is 22.0 Å². The first kappa shape index (κ1) is 14.5. The molecule has 1 spiro atoms. The van der Waals surface area contributed by atoms with Crippen LogP contribution in [0.1, 0.15) is 64.7 Å². The van der Waals surface area contributed by atoms with E-state index in [0.717, 1.165) is 18.1 Å². The summed E-state index contributed by atoms with van der Waals surface area (Å²) in [6.07, 6.45) is 12.9. The highest BCUT2D eigenvalue weighted by Gasteiger charge is 2.45. The molecule has 21 heavy (non-hydrogen) atoms. The second kappa shape index (κ2) is 5.82. The van der Waals surface area contributed by atoms with Gasteiger partial charge in [0.1, 0.15) is 0 Å². The molecular weight excluding hydrogens is 258 g/mol. The molecule has 0 radical (unpaired) electrons. The maximum Gasteiger partial charge on any atom is 0.0309 e. The van der Waals surface area contributed by atoms with Crippen molar-refractivity contribution in [2.45, 2.75) is 88.4 Å². The molecule has 3 nitrogen and oxygen atoms in total. The van der Waals surface area contributed by atoms with Gasteiger partial charge in [-0.05, 0) is 45.6 Å². The molecule has 4 rings (SSSR count). The van der Waals surface area contributed by atoms with Crippen molar-refractivity contribution in [3.63, 3.8) is 0 Å². The number of hydrogen-bond acceptors (Lipinski definition) is 3. The molecule has 120 valence electrons. The molecule has 0 aromatic carbocycles. The molecule has 3 saturated heterocycles. The quantitative estimate of drug-likeness (QED) is 0.801. The lowest BCUT2D eigenvalue weighted by atomic mass is 9.78. The normalized spacial score (nSPS) is 41.3. The Balaban J connectivity index is 1.49. The lowest BCUT2D eigenvalue weighted by molar-refractivity contribution is 0.0127. The number of nitrogens with one attached hydrogen (secondary N) is 1. The summed E-state index contributed by atoms with van der Waals surface area (Å²) in [5.74, 6) is 0. The predicted octanol–water partition coefficient (Wildman–Crippen LogP) is 2.61. The van der Waals surface area contributed by atoms with E-state index in [-0.39, 0.29) is 0 Å². The molecule has 3 aliphatic heterocycles. The van der Waals surface area contributed by atoms with Gasteiger partial charge in [-0.3, -0.25) is 9.80 Å². The largest absolute Gasteiger partial charge is 0.308 e. The van der Waals surface area contributed by atoms with Gasteiger partial charge in [0.05, 0.1) is 0 Å². The Kier molecular flexibility index (Phi) is 4.01. The number of hydrogen-bond donors (Lipinski definition) is 1. The Morgan fingerprint density at radius 1 is 0.905 bits per heavy atom. The van der Waals surface area contributed by atoms with Crippen molar-refractivity contribution in [1.29, 1.82) is 0 Å². The molecular formula is C18H33N3. The van der Waals surface area contributed by atoms with Crippen LogP contribution in [0.25, 0.3) is 0 Å². The molecule has 0 aromatic heterocycles. The zero-order chi connectivity index (χ0) is 14.3. The van der Waals surface area contributed by atoms with Gasteiger partial charge in [0.25, 0.3) is 0 Å². The monoisotopic (exact) mass is 291 g/mol. The van der Waals surface area contributed by atoms with Gasteiger partial charge in [-0.2, -0.15) is 0 Å². The van der Waals surface area contributed by atoms with Crippen molar-refractivity contribution < 1.29 is 0 Å². The van der Waals surface area contributed by atoms with Crippen LogP contribution < -0.4 is 5.32 Å². The van der Waals surface area contributed by atoms with E-state index in [1.807, 2.05) is 0 Å². The third-order valence-corrected chi connectivity index (χ3v) is 6.88. The van der Waals surface area contributed by atoms with Gasteiger partial charge in [-0.25, -0.2) is 0 Å².